The molecule has 0 spiro atoms. The first-order valence-corrected chi connectivity index (χ1v) is 7.89. The molecule has 1 aromatic rings. The standard InChI is InChI=1S/C16H22BrNO3/c1-11(2)6-13(9-16(20)21)10-18-15(19)8-12-4-3-5-14(17)7-12/h3-5,7,11,13H,6,8-10H2,1-2H3,(H,18,19)(H,20,21)/t13-/m0/s1. The summed E-state index contributed by atoms with van der Waals surface area (Å²) < 4.78 is 0.941. The molecule has 0 fully saturated rings. The van der Waals surface area contributed by atoms with Gasteiger partial charge in [-0.15, -0.1) is 0 Å². The van der Waals surface area contributed by atoms with Gasteiger partial charge in [0.25, 0.3) is 0 Å². The zero-order chi connectivity index (χ0) is 15.8. The second-order valence-corrected chi connectivity index (χ2v) is 6.62. The summed E-state index contributed by atoms with van der Waals surface area (Å²) in [5, 5.41) is 11.8. The number of hydrogen-bond donors (Lipinski definition) is 2. The van der Waals surface area contributed by atoms with Crippen LogP contribution < -0.4 is 5.32 Å². The molecule has 1 aromatic carbocycles. The molecule has 21 heavy (non-hydrogen) atoms. The van der Waals surface area contributed by atoms with E-state index in [4.69, 9.17) is 5.11 Å². The van der Waals surface area contributed by atoms with Crippen LogP contribution in [0.2, 0.25) is 0 Å². The van der Waals surface area contributed by atoms with Gasteiger partial charge in [-0.3, -0.25) is 9.59 Å². The number of nitrogens with one attached hydrogen (secondary N) is 1. The number of amides is 1. The molecule has 1 amide bonds. The maximum Gasteiger partial charge on any atom is 0.303 e. The molecule has 0 radical (unpaired) electrons. The smallest absolute Gasteiger partial charge is 0.303 e. The Morgan fingerprint density at radius 3 is 2.62 bits per heavy atom. The fraction of sp³-hybridized carbons (Fsp3) is 0.500. The molecule has 4 nitrogen and oxygen atoms in total. The van der Waals surface area contributed by atoms with Crippen molar-refractivity contribution >= 4 is 27.8 Å². The Kier molecular flexibility index (Phi) is 7.43. The largest absolute Gasteiger partial charge is 0.481 e. The summed E-state index contributed by atoms with van der Waals surface area (Å²) in [6.45, 7) is 4.52. The van der Waals surface area contributed by atoms with Gasteiger partial charge in [0, 0.05) is 17.4 Å². The summed E-state index contributed by atoms with van der Waals surface area (Å²) >= 11 is 3.37. The van der Waals surface area contributed by atoms with E-state index in [0.717, 1.165) is 16.5 Å². The summed E-state index contributed by atoms with van der Waals surface area (Å²) in [5.41, 5.74) is 0.931. The normalized spacial score (nSPS) is 12.2. The molecule has 0 aliphatic rings. The van der Waals surface area contributed by atoms with Crippen molar-refractivity contribution in [2.24, 2.45) is 11.8 Å². The molecule has 0 aliphatic heterocycles. The van der Waals surface area contributed by atoms with Crippen LogP contribution in [-0.2, 0) is 16.0 Å². The predicted octanol–water partition coefficient (Wildman–Crippen LogP) is 3.24. The molecule has 0 aliphatic carbocycles. The molecule has 116 valence electrons. The number of rotatable bonds is 8. The Labute approximate surface area is 134 Å². The predicted molar refractivity (Wildman–Crippen MR) is 86.1 cm³/mol. The lowest BCUT2D eigenvalue weighted by molar-refractivity contribution is -0.138. The van der Waals surface area contributed by atoms with Crippen LogP contribution in [0.25, 0.3) is 0 Å². The maximum absolute atomic E-state index is 11.9. The summed E-state index contributed by atoms with van der Waals surface area (Å²) in [6.07, 6.45) is 1.19. The SMILES string of the molecule is CC(C)C[C@H](CNC(=O)Cc1cccc(Br)c1)CC(=O)O. The van der Waals surface area contributed by atoms with E-state index in [1.807, 2.05) is 24.3 Å². The number of halogens is 1. The van der Waals surface area contributed by atoms with Gasteiger partial charge in [0.1, 0.15) is 0 Å². The van der Waals surface area contributed by atoms with Crippen molar-refractivity contribution in [3.63, 3.8) is 0 Å². The molecule has 0 unspecified atom stereocenters. The van der Waals surface area contributed by atoms with Gasteiger partial charge >= 0.3 is 5.97 Å². The first-order valence-electron chi connectivity index (χ1n) is 7.09. The first-order chi connectivity index (χ1) is 9.86. The quantitative estimate of drug-likeness (QED) is 0.752. The summed E-state index contributed by atoms with van der Waals surface area (Å²) in [7, 11) is 0. The number of hydrogen-bond acceptors (Lipinski definition) is 2. The van der Waals surface area contributed by atoms with Crippen molar-refractivity contribution in [2.45, 2.75) is 33.1 Å². The lowest BCUT2D eigenvalue weighted by Crippen LogP contribution is -2.32. The van der Waals surface area contributed by atoms with Gasteiger partial charge in [0.05, 0.1) is 6.42 Å². The van der Waals surface area contributed by atoms with Gasteiger partial charge in [0.2, 0.25) is 5.91 Å². The van der Waals surface area contributed by atoms with Crippen LogP contribution in [-0.4, -0.2) is 23.5 Å². The monoisotopic (exact) mass is 355 g/mol. The lowest BCUT2D eigenvalue weighted by Gasteiger charge is -2.17. The van der Waals surface area contributed by atoms with E-state index in [1.54, 1.807) is 0 Å². The van der Waals surface area contributed by atoms with Crippen molar-refractivity contribution in [1.82, 2.24) is 5.32 Å². The van der Waals surface area contributed by atoms with E-state index >= 15 is 0 Å². The van der Waals surface area contributed by atoms with E-state index in [1.165, 1.54) is 0 Å². The molecule has 0 bridgehead atoms. The molecular formula is C16H22BrNO3. The van der Waals surface area contributed by atoms with E-state index < -0.39 is 5.97 Å². The van der Waals surface area contributed by atoms with Crippen molar-refractivity contribution in [3.05, 3.63) is 34.3 Å². The molecule has 0 saturated heterocycles. The van der Waals surface area contributed by atoms with E-state index in [9.17, 15) is 9.59 Å². The second kappa shape index (κ2) is 8.82. The van der Waals surface area contributed by atoms with Crippen molar-refractivity contribution in [2.75, 3.05) is 6.54 Å². The molecular weight excluding hydrogens is 334 g/mol. The highest BCUT2D eigenvalue weighted by molar-refractivity contribution is 9.10. The third-order valence-electron chi connectivity index (χ3n) is 3.11. The molecule has 2 N–H and O–H groups in total. The molecule has 5 heteroatoms. The van der Waals surface area contributed by atoms with Gasteiger partial charge in [-0.2, -0.15) is 0 Å². The number of carbonyl (C=O) groups excluding carboxylic acids is 1. The van der Waals surface area contributed by atoms with Crippen LogP contribution in [0, 0.1) is 11.8 Å². The third-order valence-corrected chi connectivity index (χ3v) is 3.60. The van der Waals surface area contributed by atoms with Gasteiger partial charge in [-0.05, 0) is 36.0 Å². The Hall–Kier alpha value is -1.36. The molecule has 0 heterocycles. The van der Waals surface area contributed by atoms with E-state index in [2.05, 4.69) is 35.1 Å². The minimum absolute atomic E-state index is 0.0195. The average molecular weight is 356 g/mol. The summed E-state index contributed by atoms with van der Waals surface area (Å²) in [4.78, 5) is 22.8. The van der Waals surface area contributed by atoms with E-state index in [-0.39, 0.29) is 18.2 Å². The number of carbonyl (C=O) groups is 2. The van der Waals surface area contributed by atoms with E-state index in [0.29, 0.717) is 18.9 Å². The highest BCUT2D eigenvalue weighted by Gasteiger charge is 2.16. The molecule has 1 atom stereocenters. The van der Waals surface area contributed by atoms with Crippen LogP contribution in [0.15, 0.2) is 28.7 Å². The third kappa shape index (κ3) is 7.85. The van der Waals surface area contributed by atoms with Crippen LogP contribution in [0.5, 0.6) is 0 Å². The topological polar surface area (TPSA) is 66.4 Å². The van der Waals surface area contributed by atoms with Crippen LogP contribution >= 0.6 is 15.9 Å². The fourth-order valence-electron chi connectivity index (χ4n) is 2.31. The van der Waals surface area contributed by atoms with Gasteiger partial charge in [0.15, 0.2) is 0 Å². The maximum atomic E-state index is 11.9. The zero-order valence-corrected chi connectivity index (χ0v) is 14.0. The van der Waals surface area contributed by atoms with Gasteiger partial charge < -0.3 is 10.4 Å². The minimum atomic E-state index is -0.818. The molecule has 1 rings (SSSR count). The second-order valence-electron chi connectivity index (χ2n) is 5.70. The van der Waals surface area contributed by atoms with Gasteiger partial charge in [-0.1, -0.05) is 41.9 Å². The van der Waals surface area contributed by atoms with Gasteiger partial charge in [-0.25, -0.2) is 0 Å². The Balaban J connectivity index is 2.47. The van der Waals surface area contributed by atoms with Crippen LogP contribution in [0.3, 0.4) is 0 Å². The van der Waals surface area contributed by atoms with Crippen LogP contribution in [0.4, 0.5) is 0 Å². The lowest BCUT2D eigenvalue weighted by atomic mass is 9.94. The fourth-order valence-corrected chi connectivity index (χ4v) is 2.75. The molecule has 0 saturated carbocycles. The van der Waals surface area contributed by atoms with Crippen LogP contribution in [0.1, 0.15) is 32.3 Å². The average Bonchev–Trinajstić information content (AvgIpc) is 2.34. The Bertz CT molecular complexity index is 488. The Morgan fingerprint density at radius 1 is 1.33 bits per heavy atom. The summed E-state index contributed by atoms with van der Waals surface area (Å²) in [6, 6.07) is 7.60. The zero-order valence-electron chi connectivity index (χ0n) is 12.4. The number of carboxylic acids is 1. The number of aliphatic carboxylic acids is 1. The number of benzene rings is 1. The number of carboxylic acid groups (broad SMARTS) is 1. The summed E-state index contributed by atoms with van der Waals surface area (Å²) in [5.74, 6) is -0.501. The van der Waals surface area contributed by atoms with Crippen molar-refractivity contribution in [3.8, 4) is 0 Å². The molecule has 0 aromatic heterocycles. The minimum Gasteiger partial charge on any atom is -0.481 e. The van der Waals surface area contributed by atoms with Crippen molar-refractivity contribution < 1.29 is 14.7 Å². The highest BCUT2D eigenvalue weighted by Crippen LogP contribution is 2.15. The van der Waals surface area contributed by atoms with Crippen molar-refractivity contribution in [1.29, 1.82) is 0 Å². The first kappa shape index (κ1) is 17.7. The Morgan fingerprint density at radius 2 is 2.05 bits per heavy atom. The highest BCUT2D eigenvalue weighted by atomic mass is 79.9.